The van der Waals surface area contributed by atoms with Gasteiger partial charge in [0.1, 0.15) is 0 Å². The van der Waals surface area contributed by atoms with Crippen LogP contribution in [0.3, 0.4) is 0 Å². The van der Waals surface area contributed by atoms with Gasteiger partial charge < -0.3 is 10.0 Å². The first kappa shape index (κ1) is 14.1. The van der Waals surface area contributed by atoms with Crippen LogP contribution in [0.2, 0.25) is 0 Å². The van der Waals surface area contributed by atoms with E-state index in [0.29, 0.717) is 12.8 Å². The lowest BCUT2D eigenvalue weighted by atomic mass is 9.98. The van der Waals surface area contributed by atoms with Gasteiger partial charge in [-0.2, -0.15) is 0 Å². The first-order chi connectivity index (χ1) is 9.20. The molecule has 0 aliphatic carbocycles. The van der Waals surface area contributed by atoms with Crippen LogP contribution >= 0.6 is 0 Å². The van der Waals surface area contributed by atoms with Gasteiger partial charge in [-0.05, 0) is 38.2 Å². The SMILES string of the molecule is Cc1ccc(CC(=O)N2CCCCC2CCO)cc1. The maximum absolute atomic E-state index is 12.4. The average molecular weight is 261 g/mol. The van der Waals surface area contributed by atoms with Gasteiger partial charge in [0.05, 0.1) is 6.42 Å². The van der Waals surface area contributed by atoms with Crippen molar-refractivity contribution in [2.24, 2.45) is 0 Å². The molecule has 1 N–H and O–H groups in total. The maximum atomic E-state index is 12.4. The highest BCUT2D eigenvalue weighted by Gasteiger charge is 2.25. The average Bonchev–Trinajstić information content (AvgIpc) is 2.42. The fraction of sp³-hybridized carbons (Fsp3) is 0.562. The van der Waals surface area contributed by atoms with E-state index in [9.17, 15) is 4.79 Å². The summed E-state index contributed by atoms with van der Waals surface area (Å²) in [5, 5.41) is 9.10. The molecule has 2 rings (SSSR count). The summed E-state index contributed by atoms with van der Waals surface area (Å²) in [5.41, 5.74) is 2.29. The number of aliphatic hydroxyl groups is 1. The van der Waals surface area contributed by atoms with Crippen molar-refractivity contribution in [3.8, 4) is 0 Å². The normalized spacial score (nSPS) is 19.5. The Balaban J connectivity index is 1.99. The lowest BCUT2D eigenvalue weighted by molar-refractivity contribution is -0.134. The Kier molecular flexibility index (Phi) is 4.97. The summed E-state index contributed by atoms with van der Waals surface area (Å²) in [6.45, 7) is 3.06. The topological polar surface area (TPSA) is 40.5 Å². The van der Waals surface area contributed by atoms with E-state index in [1.54, 1.807) is 0 Å². The minimum Gasteiger partial charge on any atom is -0.396 e. The van der Waals surface area contributed by atoms with Crippen LogP contribution in [0.5, 0.6) is 0 Å². The second kappa shape index (κ2) is 6.71. The van der Waals surface area contributed by atoms with Crippen LogP contribution < -0.4 is 0 Å². The zero-order valence-electron chi connectivity index (χ0n) is 11.6. The van der Waals surface area contributed by atoms with Gasteiger partial charge in [0.25, 0.3) is 0 Å². The fourth-order valence-electron chi connectivity index (χ4n) is 2.76. The van der Waals surface area contributed by atoms with Gasteiger partial charge >= 0.3 is 0 Å². The minimum atomic E-state index is 0.166. The highest BCUT2D eigenvalue weighted by Crippen LogP contribution is 2.20. The van der Waals surface area contributed by atoms with E-state index in [1.165, 1.54) is 12.0 Å². The van der Waals surface area contributed by atoms with Crippen molar-refractivity contribution in [1.29, 1.82) is 0 Å². The van der Waals surface area contributed by atoms with Crippen molar-refractivity contribution in [3.63, 3.8) is 0 Å². The van der Waals surface area contributed by atoms with Gasteiger partial charge in [-0.15, -0.1) is 0 Å². The van der Waals surface area contributed by atoms with E-state index in [-0.39, 0.29) is 18.6 Å². The van der Waals surface area contributed by atoms with Crippen LogP contribution in [0.25, 0.3) is 0 Å². The Hall–Kier alpha value is -1.35. The summed E-state index contributed by atoms with van der Waals surface area (Å²) in [6, 6.07) is 8.38. The molecule has 104 valence electrons. The third-order valence-electron chi connectivity index (χ3n) is 3.89. The predicted molar refractivity (Wildman–Crippen MR) is 75.9 cm³/mol. The molecule has 1 aromatic rings. The maximum Gasteiger partial charge on any atom is 0.227 e. The van der Waals surface area contributed by atoms with E-state index in [2.05, 4.69) is 0 Å². The molecule has 0 spiro atoms. The Bertz CT molecular complexity index is 411. The molecule has 0 aromatic heterocycles. The molecule has 3 heteroatoms. The lowest BCUT2D eigenvalue weighted by Gasteiger charge is -2.35. The molecule has 1 atom stereocenters. The number of carbonyl (C=O) groups is 1. The van der Waals surface area contributed by atoms with E-state index < -0.39 is 0 Å². The molecular weight excluding hydrogens is 238 g/mol. The summed E-state index contributed by atoms with van der Waals surface area (Å²) < 4.78 is 0. The number of carbonyl (C=O) groups excluding carboxylic acids is 1. The van der Waals surface area contributed by atoms with Crippen molar-refractivity contribution in [2.75, 3.05) is 13.2 Å². The van der Waals surface area contributed by atoms with Crippen LogP contribution in [0.15, 0.2) is 24.3 Å². The monoisotopic (exact) mass is 261 g/mol. The summed E-state index contributed by atoms with van der Waals surface area (Å²) in [6.07, 6.45) is 4.46. The lowest BCUT2D eigenvalue weighted by Crippen LogP contribution is -2.44. The van der Waals surface area contributed by atoms with Crippen LogP contribution in [-0.2, 0) is 11.2 Å². The number of likely N-dealkylation sites (tertiary alicyclic amines) is 1. The molecule has 1 aliphatic heterocycles. The van der Waals surface area contributed by atoms with Gasteiger partial charge in [0.15, 0.2) is 0 Å². The molecular formula is C16H23NO2. The van der Waals surface area contributed by atoms with Crippen molar-refractivity contribution >= 4 is 5.91 Å². The Morgan fingerprint density at radius 2 is 2.05 bits per heavy atom. The predicted octanol–water partition coefficient (Wildman–Crippen LogP) is 2.30. The number of hydrogen-bond donors (Lipinski definition) is 1. The largest absolute Gasteiger partial charge is 0.396 e. The van der Waals surface area contributed by atoms with Crippen molar-refractivity contribution in [1.82, 2.24) is 4.90 Å². The number of benzene rings is 1. The second-order valence-corrected chi connectivity index (χ2v) is 5.41. The van der Waals surface area contributed by atoms with E-state index in [0.717, 1.165) is 24.9 Å². The molecule has 1 amide bonds. The molecule has 1 saturated heterocycles. The van der Waals surface area contributed by atoms with Crippen LogP contribution in [0.4, 0.5) is 0 Å². The van der Waals surface area contributed by atoms with Crippen LogP contribution in [0.1, 0.15) is 36.8 Å². The molecule has 1 unspecified atom stereocenters. The molecule has 1 heterocycles. The number of aliphatic hydroxyl groups excluding tert-OH is 1. The summed E-state index contributed by atoms with van der Waals surface area (Å²) in [7, 11) is 0. The third-order valence-corrected chi connectivity index (χ3v) is 3.89. The minimum absolute atomic E-state index is 0.166. The van der Waals surface area contributed by atoms with E-state index >= 15 is 0 Å². The fourth-order valence-corrected chi connectivity index (χ4v) is 2.76. The molecule has 19 heavy (non-hydrogen) atoms. The van der Waals surface area contributed by atoms with Gasteiger partial charge in [0.2, 0.25) is 5.91 Å². The molecule has 0 bridgehead atoms. The number of piperidine rings is 1. The van der Waals surface area contributed by atoms with E-state index in [4.69, 9.17) is 5.11 Å². The first-order valence-electron chi connectivity index (χ1n) is 7.16. The van der Waals surface area contributed by atoms with E-state index in [1.807, 2.05) is 36.1 Å². The highest BCUT2D eigenvalue weighted by atomic mass is 16.3. The number of aryl methyl sites for hydroxylation is 1. The van der Waals surface area contributed by atoms with Gasteiger partial charge in [-0.3, -0.25) is 4.79 Å². The number of amides is 1. The summed E-state index contributed by atoms with van der Waals surface area (Å²) >= 11 is 0. The quantitative estimate of drug-likeness (QED) is 0.903. The number of nitrogens with zero attached hydrogens (tertiary/aromatic N) is 1. The third kappa shape index (κ3) is 3.80. The smallest absolute Gasteiger partial charge is 0.227 e. The van der Waals surface area contributed by atoms with Crippen molar-refractivity contribution in [2.45, 2.75) is 45.1 Å². The Morgan fingerprint density at radius 3 is 2.74 bits per heavy atom. The summed E-state index contributed by atoms with van der Waals surface area (Å²) in [4.78, 5) is 14.4. The second-order valence-electron chi connectivity index (χ2n) is 5.41. The first-order valence-corrected chi connectivity index (χ1v) is 7.16. The molecule has 0 radical (unpaired) electrons. The van der Waals surface area contributed by atoms with Gasteiger partial charge in [-0.1, -0.05) is 29.8 Å². The number of hydrogen-bond acceptors (Lipinski definition) is 2. The molecule has 1 aliphatic rings. The standard InChI is InChI=1S/C16H23NO2/c1-13-5-7-14(8-6-13)12-16(19)17-10-3-2-4-15(17)9-11-18/h5-8,15,18H,2-4,9-12H2,1H3. The van der Waals surface area contributed by atoms with Crippen LogP contribution in [-0.4, -0.2) is 35.1 Å². The highest BCUT2D eigenvalue weighted by molar-refractivity contribution is 5.79. The molecule has 3 nitrogen and oxygen atoms in total. The van der Waals surface area contributed by atoms with Gasteiger partial charge in [0, 0.05) is 19.2 Å². The molecule has 1 aromatic carbocycles. The van der Waals surface area contributed by atoms with Gasteiger partial charge in [-0.25, -0.2) is 0 Å². The Labute approximate surface area is 115 Å². The van der Waals surface area contributed by atoms with Crippen LogP contribution in [0, 0.1) is 6.92 Å². The van der Waals surface area contributed by atoms with Crippen molar-refractivity contribution < 1.29 is 9.90 Å². The Morgan fingerprint density at radius 1 is 1.32 bits per heavy atom. The molecule has 1 fully saturated rings. The molecule has 0 saturated carbocycles. The summed E-state index contributed by atoms with van der Waals surface area (Å²) in [5.74, 6) is 0.196. The zero-order valence-corrected chi connectivity index (χ0v) is 11.6. The van der Waals surface area contributed by atoms with Crippen molar-refractivity contribution in [3.05, 3.63) is 35.4 Å². The zero-order chi connectivity index (χ0) is 13.7. The number of rotatable bonds is 4.